The number of carbonyl (C=O) groups excluding carboxylic acids is 2. The molecule has 10 nitrogen and oxygen atoms in total. The van der Waals surface area contributed by atoms with Crippen LogP contribution in [-0.2, 0) is 21.9 Å². The molecular formula is C19H19F3N4O6S. The Morgan fingerprint density at radius 3 is 2.55 bits per heavy atom. The van der Waals surface area contributed by atoms with E-state index < -0.39 is 57.9 Å². The van der Waals surface area contributed by atoms with E-state index in [1.54, 1.807) is 0 Å². The van der Waals surface area contributed by atoms with Gasteiger partial charge in [-0.05, 0) is 0 Å². The number of aromatic nitrogens is 1. The standard InChI is InChI=1S/C19H19F3N4O6S/c1-25-6-14-18(17(25)19(29)23-10-2-11(20)16(22)12(21)3-10)32-8-9-4-26(15(28)7-27)5-13(9)24-33(14,30)31/h2-3,6,9,13,24,27H,4-5,7-8H2,1H3,(H,23,29). The van der Waals surface area contributed by atoms with Gasteiger partial charge in [0.05, 0.1) is 6.61 Å². The lowest BCUT2D eigenvalue weighted by molar-refractivity contribution is -0.133. The molecule has 2 aliphatic rings. The van der Waals surface area contributed by atoms with Crippen LogP contribution in [0.3, 0.4) is 0 Å². The minimum atomic E-state index is -4.18. The normalized spacial score (nSPS) is 21.4. The lowest BCUT2D eigenvalue weighted by Crippen LogP contribution is -2.43. The van der Waals surface area contributed by atoms with Crippen LogP contribution in [0.4, 0.5) is 18.9 Å². The van der Waals surface area contributed by atoms with Gasteiger partial charge in [-0.2, -0.15) is 0 Å². The Kier molecular flexibility index (Phi) is 5.84. The Hall–Kier alpha value is -3.10. The molecule has 0 saturated carbocycles. The van der Waals surface area contributed by atoms with Gasteiger partial charge in [-0.3, -0.25) is 9.59 Å². The smallest absolute Gasteiger partial charge is 0.276 e. The number of halogens is 3. The van der Waals surface area contributed by atoms with E-state index in [0.29, 0.717) is 12.1 Å². The molecule has 3 N–H and O–H groups in total. The van der Waals surface area contributed by atoms with Crippen molar-refractivity contribution in [1.29, 1.82) is 0 Å². The number of aliphatic hydroxyl groups excluding tert-OH is 1. The zero-order valence-corrected chi connectivity index (χ0v) is 18.0. The van der Waals surface area contributed by atoms with Crippen molar-refractivity contribution in [1.82, 2.24) is 14.2 Å². The van der Waals surface area contributed by atoms with Gasteiger partial charge in [0, 0.05) is 56.1 Å². The van der Waals surface area contributed by atoms with Crippen LogP contribution < -0.4 is 14.8 Å². The van der Waals surface area contributed by atoms with Gasteiger partial charge < -0.3 is 24.6 Å². The molecule has 0 spiro atoms. The number of benzene rings is 1. The van der Waals surface area contributed by atoms with Crippen LogP contribution in [-0.4, -0.2) is 67.2 Å². The summed E-state index contributed by atoms with van der Waals surface area (Å²) in [6.45, 7) is -0.600. The van der Waals surface area contributed by atoms with E-state index in [4.69, 9.17) is 9.84 Å². The number of aliphatic hydroxyl groups is 1. The second-order valence-corrected chi connectivity index (χ2v) is 9.43. The fourth-order valence-corrected chi connectivity index (χ4v) is 5.41. The van der Waals surface area contributed by atoms with E-state index in [0.717, 1.165) is 6.20 Å². The number of hydrogen-bond donors (Lipinski definition) is 3. The summed E-state index contributed by atoms with van der Waals surface area (Å²) in [6.07, 6.45) is 1.14. The van der Waals surface area contributed by atoms with Gasteiger partial charge in [0.15, 0.2) is 28.9 Å². The first kappa shape index (κ1) is 23.1. The molecule has 3 heterocycles. The van der Waals surface area contributed by atoms with E-state index >= 15 is 0 Å². The van der Waals surface area contributed by atoms with Crippen molar-refractivity contribution in [2.45, 2.75) is 10.9 Å². The number of fused-ring (bicyclic) bond motifs is 2. The third kappa shape index (κ3) is 4.16. The average molecular weight is 488 g/mol. The van der Waals surface area contributed by atoms with Crippen LogP contribution >= 0.6 is 0 Å². The monoisotopic (exact) mass is 488 g/mol. The Morgan fingerprint density at radius 1 is 1.24 bits per heavy atom. The first-order valence-corrected chi connectivity index (χ1v) is 11.2. The van der Waals surface area contributed by atoms with Gasteiger partial charge in [-0.1, -0.05) is 0 Å². The van der Waals surface area contributed by atoms with Crippen molar-refractivity contribution >= 4 is 27.5 Å². The zero-order valence-electron chi connectivity index (χ0n) is 17.1. The first-order chi connectivity index (χ1) is 15.5. The fraction of sp³-hybridized carbons (Fsp3) is 0.368. The number of rotatable bonds is 3. The highest BCUT2D eigenvalue weighted by Gasteiger charge is 2.42. The molecule has 0 aliphatic carbocycles. The number of sulfonamides is 1. The number of likely N-dealkylation sites (tertiary alicyclic amines) is 1. The minimum absolute atomic E-state index is 0.0455. The Morgan fingerprint density at radius 2 is 1.91 bits per heavy atom. The van der Waals surface area contributed by atoms with Crippen molar-refractivity contribution in [3.63, 3.8) is 0 Å². The second-order valence-electron chi connectivity index (χ2n) is 7.75. The fourth-order valence-electron chi connectivity index (χ4n) is 3.92. The van der Waals surface area contributed by atoms with Crippen LogP contribution in [0.2, 0.25) is 0 Å². The molecule has 2 unspecified atom stereocenters. The predicted molar refractivity (Wildman–Crippen MR) is 106 cm³/mol. The van der Waals surface area contributed by atoms with Crippen molar-refractivity contribution < 1.29 is 41.0 Å². The topological polar surface area (TPSA) is 130 Å². The molecule has 1 fully saturated rings. The predicted octanol–water partition coefficient (Wildman–Crippen LogP) is 0.185. The minimum Gasteiger partial charge on any atom is -0.489 e. The summed E-state index contributed by atoms with van der Waals surface area (Å²) in [5.41, 5.74) is -0.632. The molecule has 2 aliphatic heterocycles. The van der Waals surface area contributed by atoms with Crippen LogP contribution in [0, 0.1) is 23.4 Å². The van der Waals surface area contributed by atoms with Gasteiger partial charge in [-0.25, -0.2) is 26.3 Å². The molecule has 14 heteroatoms. The molecule has 33 heavy (non-hydrogen) atoms. The van der Waals surface area contributed by atoms with Crippen LogP contribution in [0.25, 0.3) is 0 Å². The molecule has 1 aromatic carbocycles. The van der Waals surface area contributed by atoms with E-state index in [9.17, 15) is 31.2 Å². The third-order valence-corrected chi connectivity index (χ3v) is 7.01. The molecule has 1 aromatic heterocycles. The summed E-state index contributed by atoms with van der Waals surface area (Å²) < 4.78 is 75.5. The quantitative estimate of drug-likeness (QED) is 0.529. The van der Waals surface area contributed by atoms with Crippen molar-refractivity contribution in [2.75, 3.05) is 31.6 Å². The lowest BCUT2D eigenvalue weighted by atomic mass is 10.1. The van der Waals surface area contributed by atoms with E-state index in [1.807, 2.05) is 0 Å². The summed E-state index contributed by atoms with van der Waals surface area (Å²) >= 11 is 0. The van der Waals surface area contributed by atoms with Gasteiger partial charge in [-0.15, -0.1) is 0 Å². The molecule has 0 radical (unpaired) electrons. The summed E-state index contributed by atoms with van der Waals surface area (Å²) in [5, 5.41) is 11.3. The number of hydrogen-bond acceptors (Lipinski definition) is 6. The average Bonchev–Trinajstić information content (AvgIpc) is 3.29. The second kappa shape index (κ2) is 8.35. The number of anilines is 1. The molecule has 178 valence electrons. The SMILES string of the molecule is Cn1cc2c(c1C(=O)Nc1cc(F)c(F)c(F)c1)OCC1CN(C(=O)CO)CC1NS2(=O)=O. The highest BCUT2D eigenvalue weighted by atomic mass is 32.2. The molecule has 2 amide bonds. The number of amides is 2. The molecule has 1 saturated heterocycles. The molecule has 0 bridgehead atoms. The number of ether oxygens (including phenoxy) is 1. The Bertz CT molecular complexity index is 1230. The first-order valence-electron chi connectivity index (χ1n) is 9.70. The van der Waals surface area contributed by atoms with E-state index in [-0.39, 0.29) is 41.7 Å². The maximum atomic E-state index is 13.5. The van der Waals surface area contributed by atoms with Gasteiger partial charge in [0.1, 0.15) is 11.5 Å². The van der Waals surface area contributed by atoms with Gasteiger partial charge >= 0.3 is 0 Å². The Balaban J connectivity index is 1.66. The van der Waals surface area contributed by atoms with Gasteiger partial charge in [0.2, 0.25) is 15.9 Å². The van der Waals surface area contributed by atoms with Crippen LogP contribution in [0.15, 0.2) is 23.2 Å². The number of nitrogens with one attached hydrogen (secondary N) is 2. The summed E-state index contributed by atoms with van der Waals surface area (Å²) in [7, 11) is -2.80. The summed E-state index contributed by atoms with van der Waals surface area (Å²) in [6, 6.07) is 0.497. The summed E-state index contributed by atoms with van der Waals surface area (Å²) in [5.74, 6) is -6.96. The largest absolute Gasteiger partial charge is 0.489 e. The third-order valence-electron chi connectivity index (χ3n) is 5.53. The maximum Gasteiger partial charge on any atom is 0.276 e. The summed E-state index contributed by atoms with van der Waals surface area (Å²) in [4.78, 5) is 25.6. The van der Waals surface area contributed by atoms with Gasteiger partial charge in [0.25, 0.3) is 5.91 Å². The maximum absolute atomic E-state index is 13.5. The van der Waals surface area contributed by atoms with E-state index in [1.165, 1.54) is 16.5 Å². The van der Waals surface area contributed by atoms with Crippen molar-refractivity contribution in [2.24, 2.45) is 13.0 Å². The molecular weight excluding hydrogens is 469 g/mol. The van der Waals surface area contributed by atoms with Crippen LogP contribution in [0.1, 0.15) is 10.5 Å². The molecule has 2 aromatic rings. The highest BCUT2D eigenvalue weighted by molar-refractivity contribution is 7.89. The molecule has 2 atom stereocenters. The number of aryl methyl sites for hydroxylation is 1. The lowest BCUT2D eigenvalue weighted by Gasteiger charge is -2.23. The number of nitrogens with zero attached hydrogens (tertiary/aromatic N) is 2. The van der Waals surface area contributed by atoms with Crippen LogP contribution in [0.5, 0.6) is 5.75 Å². The number of carbonyl (C=O) groups is 2. The Labute approximate surface area is 186 Å². The zero-order chi connectivity index (χ0) is 24.1. The van der Waals surface area contributed by atoms with E-state index in [2.05, 4.69) is 10.0 Å². The van der Waals surface area contributed by atoms with Crippen molar-refractivity contribution in [3.8, 4) is 5.75 Å². The molecule has 4 rings (SSSR count). The highest BCUT2D eigenvalue weighted by Crippen LogP contribution is 2.34. The van der Waals surface area contributed by atoms with Crippen molar-refractivity contribution in [3.05, 3.63) is 41.5 Å².